The van der Waals surface area contributed by atoms with Crippen molar-refractivity contribution in [2.24, 2.45) is 16.3 Å². The summed E-state index contributed by atoms with van der Waals surface area (Å²) in [6.45, 7) is 27.9. The maximum absolute atomic E-state index is 12.2. The van der Waals surface area contributed by atoms with E-state index in [0.717, 1.165) is 50.8 Å². The SMILES string of the molecule is CCC(C)(C)C(=O)OCCCCCCCCN=C1C=CC(=C(c2ccc(N(C(C)C)C(C)C)cc2)c2ccc(N(C(C)C)C(C)C(C)C)cc2)c2ccccc21. The molecule has 0 heterocycles. The van der Waals surface area contributed by atoms with Gasteiger partial charge in [-0.2, -0.15) is 0 Å². The first-order valence-electron chi connectivity index (χ1n) is 21.7. The zero-order valence-corrected chi connectivity index (χ0v) is 37.0. The lowest BCUT2D eigenvalue weighted by atomic mass is 9.83. The molecule has 56 heavy (non-hydrogen) atoms. The summed E-state index contributed by atoms with van der Waals surface area (Å²) in [5, 5.41) is 0. The van der Waals surface area contributed by atoms with Crippen LogP contribution in [0.4, 0.5) is 11.4 Å². The molecule has 0 aliphatic heterocycles. The predicted molar refractivity (Wildman–Crippen MR) is 243 cm³/mol. The number of allylic oxidation sites excluding steroid dienone is 3. The monoisotopic (exact) mass is 760 g/mol. The third kappa shape index (κ3) is 11.5. The molecule has 0 N–H and O–H groups in total. The Bertz CT molecular complexity index is 1770. The van der Waals surface area contributed by atoms with Gasteiger partial charge in [0.15, 0.2) is 0 Å². The van der Waals surface area contributed by atoms with Crippen LogP contribution in [0.2, 0.25) is 0 Å². The molecule has 4 rings (SSSR count). The number of benzene rings is 3. The molecular formula is C51H73N3O2. The van der Waals surface area contributed by atoms with Crippen LogP contribution in [0.15, 0.2) is 89.9 Å². The van der Waals surface area contributed by atoms with E-state index in [4.69, 9.17) is 9.73 Å². The molecule has 0 aromatic heterocycles. The second-order valence-electron chi connectivity index (χ2n) is 17.6. The lowest BCUT2D eigenvalue weighted by Crippen LogP contribution is -2.41. The van der Waals surface area contributed by atoms with E-state index in [1.54, 1.807) is 0 Å². The van der Waals surface area contributed by atoms with Gasteiger partial charge in [0, 0.05) is 47.7 Å². The Labute approximate surface area is 341 Å². The maximum atomic E-state index is 12.2. The number of esters is 1. The van der Waals surface area contributed by atoms with Gasteiger partial charge in [0.25, 0.3) is 0 Å². The van der Waals surface area contributed by atoms with Crippen molar-refractivity contribution in [3.63, 3.8) is 0 Å². The second-order valence-corrected chi connectivity index (χ2v) is 17.6. The van der Waals surface area contributed by atoms with Crippen LogP contribution in [0, 0.1) is 11.3 Å². The molecule has 5 heteroatoms. The zero-order valence-electron chi connectivity index (χ0n) is 37.0. The van der Waals surface area contributed by atoms with Gasteiger partial charge in [0.2, 0.25) is 0 Å². The number of ether oxygens (including phenoxy) is 1. The van der Waals surface area contributed by atoms with E-state index >= 15 is 0 Å². The molecule has 1 unspecified atom stereocenters. The Morgan fingerprint density at radius 3 is 1.66 bits per heavy atom. The van der Waals surface area contributed by atoms with Gasteiger partial charge in [-0.1, -0.05) is 101 Å². The number of nitrogens with zero attached hydrogens (tertiary/aromatic N) is 3. The summed E-state index contributed by atoms with van der Waals surface area (Å²) in [4.78, 5) is 22.4. The molecule has 1 aliphatic rings. The minimum Gasteiger partial charge on any atom is -0.465 e. The fraction of sp³-hybridized carbons (Fsp3) is 0.529. The van der Waals surface area contributed by atoms with E-state index in [1.807, 2.05) is 20.8 Å². The first kappa shape index (κ1) is 44.6. The van der Waals surface area contributed by atoms with Crippen molar-refractivity contribution in [1.82, 2.24) is 0 Å². The van der Waals surface area contributed by atoms with E-state index in [1.165, 1.54) is 51.2 Å². The standard InChI is InChI=1S/C51H73N3O2/c1-13-51(11,12)50(55)56-35-21-17-15-14-16-20-34-52-48-33-32-47(45-22-18-19-23-46(45)48)49(41-24-28-43(29-25-41)53(37(4)5)38(6)7)42-26-30-44(31-27-42)54(39(8)9)40(10)36(2)3/h18-19,22-33,36-40H,13-17,20-21,34-35H2,1-12H3. The molecule has 0 saturated heterocycles. The average molecular weight is 760 g/mol. The highest BCUT2D eigenvalue weighted by molar-refractivity contribution is 6.19. The van der Waals surface area contributed by atoms with Gasteiger partial charge in [-0.3, -0.25) is 9.79 Å². The molecule has 3 aromatic carbocycles. The summed E-state index contributed by atoms with van der Waals surface area (Å²) in [6, 6.07) is 28.9. The van der Waals surface area contributed by atoms with Crippen LogP contribution in [-0.2, 0) is 9.53 Å². The number of hydrogen-bond acceptors (Lipinski definition) is 5. The van der Waals surface area contributed by atoms with E-state index in [0.29, 0.717) is 36.7 Å². The fourth-order valence-electron chi connectivity index (χ4n) is 7.86. The van der Waals surface area contributed by atoms with Crippen LogP contribution in [-0.4, -0.2) is 49.0 Å². The third-order valence-corrected chi connectivity index (χ3v) is 11.7. The topological polar surface area (TPSA) is 45.1 Å². The van der Waals surface area contributed by atoms with Gasteiger partial charge >= 0.3 is 5.97 Å². The van der Waals surface area contributed by atoms with E-state index < -0.39 is 0 Å². The molecule has 0 radical (unpaired) electrons. The predicted octanol–water partition coefficient (Wildman–Crippen LogP) is 13.2. The Morgan fingerprint density at radius 1 is 0.643 bits per heavy atom. The van der Waals surface area contributed by atoms with Crippen molar-refractivity contribution in [1.29, 1.82) is 0 Å². The van der Waals surface area contributed by atoms with Crippen LogP contribution in [0.5, 0.6) is 0 Å². The largest absolute Gasteiger partial charge is 0.465 e. The summed E-state index contributed by atoms with van der Waals surface area (Å²) in [6.07, 6.45) is 11.9. The number of fused-ring (bicyclic) bond motifs is 1. The van der Waals surface area contributed by atoms with Gasteiger partial charge < -0.3 is 14.5 Å². The van der Waals surface area contributed by atoms with Crippen molar-refractivity contribution in [2.75, 3.05) is 23.0 Å². The normalized spacial score (nSPS) is 15.2. The second kappa shape index (κ2) is 20.9. The Hall–Kier alpha value is -4.12. The molecule has 1 aliphatic carbocycles. The quantitative estimate of drug-likeness (QED) is 0.0850. The Balaban J connectivity index is 1.58. The molecule has 304 valence electrons. The molecule has 0 spiro atoms. The van der Waals surface area contributed by atoms with E-state index in [2.05, 4.69) is 157 Å². The van der Waals surface area contributed by atoms with Crippen LogP contribution in [0.25, 0.3) is 11.1 Å². The van der Waals surface area contributed by atoms with Crippen molar-refractivity contribution >= 4 is 34.2 Å². The summed E-state index contributed by atoms with van der Waals surface area (Å²) in [7, 11) is 0. The lowest BCUT2D eigenvalue weighted by molar-refractivity contribution is -0.154. The number of hydrogen-bond donors (Lipinski definition) is 0. The fourth-order valence-corrected chi connectivity index (χ4v) is 7.86. The molecule has 1 atom stereocenters. The molecular weight excluding hydrogens is 687 g/mol. The Morgan fingerprint density at radius 2 is 1.14 bits per heavy atom. The van der Waals surface area contributed by atoms with E-state index in [9.17, 15) is 4.79 Å². The molecule has 3 aromatic rings. The van der Waals surface area contributed by atoms with Crippen molar-refractivity contribution in [2.45, 2.75) is 152 Å². The van der Waals surface area contributed by atoms with Crippen molar-refractivity contribution in [3.8, 4) is 0 Å². The molecule has 0 fully saturated rings. The molecule has 0 amide bonds. The van der Waals surface area contributed by atoms with Crippen LogP contribution in [0.3, 0.4) is 0 Å². The maximum Gasteiger partial charge on any atom is 0.311 e. The number of carbonyl (C=O) groups excluding carboxylic acids is 1. The molecule has 0 saturated carbocycles. The van der Waals surface area contributed by atoms with Crippen molar-refractivity contribution in [3.05, 3.63) is 107 Å². The minimum atomic E-state index is -0.389. The average Bonchev–Trinajstić information content (AvgIpc) is 3.16. The first-order valence-corrected chi connectivity index (χ1v) is 21.7. The number of rotatable bonds is 20. The van der Waals surface area contributed by atoms with Gasteiger partial charge in [-0.05, 0) is 146 Å². The van der Waals surface area contributed by atoms with Gasteiger partial charge in [0.1, 0.15) is 0 Å². The van der Waals surface area contributed by atoms with Crippen LogP contribution >= 0.6 is 0 Å². The van der Waals surface area contributed by atoms with Gasteiger partial charge in [-0.25, -0.2) is 0 Å². The van der Waals surface area contributed by atoms with Gasteiger partial charge in [-0.15, -0.1) is 0 Å². The van der Waals surface area contributed by atoms with Crippen molar-refractivity contribution < 1.29 is 9.53 Å². The highest BCUT2D eigenvalue weighted by atomic mass is 16.5. The van der Waals surface area contributed by atoms with Crippen LogP contribution in [0.1, 0.15) is 150 Å². The molecule has 0 bridgehead atoms. The number of aliphatic imine (C=N–C) groups is 1. The molecule has 5 nitrogen and oxygen atoms in total. The zero-order chi connectivity index (χ0) is 41.0. The smallest absolute Gasteiger partial charge is 0.311 e. The number of anilines is 2. The minimum absolute atomic E-state index is 0.0794. The summed E-state index contributed by atoms with van der Waals surface area (Å²) < 4.78 is 5.51. The van der Waals surface area contributed by atoms with Gasteiger partial charge in [0.05, 0.1) is 17.7 Å². The highest BCUT2D eigenvalue weighted by Crippen LogP contribution is 2.39. The van der Waals surface area contributed by atoms with E-state index in [-0.39, 0.29) is 11.4 Å². The summed E-state index contributed by atoms with van der Waals surface area (Å²) in [5.41, 5.74) is 10.5. The number of unbranched alkanes of at least 4 members (excludes halogenated alkanes) is 5. The highest BCUT2D eigenvalue weighted by Gasteiger charge is 2.27. The third-order valence-electron chi connectivity index (χ3n) is 11.7. The summed E-state index contributed by atoms with van der Waals surface area (Å²) >= 11 is 0. The lowest BCUT2D eigenvalue weighted by Gasteiger charge is -2.37. The first-order chi connectivity index (χ1) is 26.7. The Kier molecular flexibility index (Phi) is 16.6. The summed E-state index contributed by atoms with van der Waals surface area (Å²) in [5.74, 6) is 0.473. The number of carbonyl (C=O) groups is 1. The van der Waals surface area contributed by atoms with Crippen LogP contribution < -0.4 is 9.80 Å².